The maximum Gasteiger partial charge on any atom is 0.226 e. The number of amides is 1. The van der Waals surface area contributed by atoms with Gasteiger partial charge in [0.05, 0.1) is 12.2 Å². The Balaban J connectivity index is 1.28. The number of anilines is 1. The van der Waals surface area contributed by atoms with Crippen LogP contribution in [0.5, 0.6) is 0 Å². The van der Waals surface area contributed by atoms with E-state index in [0.29, 0.717) is 16.8 Å². The predicted molar refractivity (Wildman–Crippen MR) is 106 cm³/mol. The first-order valence-electron chi connectivity index (χ1n) is 10.5. The number of nitrogens with zero attached hydrogens (tertiary/aromatic N) is 2. The van der Waals surface area contributed by atoms with Crippen LogP contribution < -0.4 is 5.32 Å². The van der Waals surface area contributed by atoms with Gasteiger partial charge in [-0.15, -0.1) is 0 Å². The van der Waals surface area contributed by atoms with Gasteiger partial charge in [-0.3, -0.25) is 4.79 Å². The highest BCUT2D eigenvalue weighted by atomic mass is 79.9. The lowest BCUT2D eigenvalue weighted by Crippen LogP contribution is -2.53. The number of hydrogen-bond donors (Lipinski definition) is 1. The minimum Gasteiger partial charge on any atom is -0.311 e. The normalized spacial score (nSPS) is 39.3. The van der Waals surface area contributed by atoms with Gasteiger partial charge in [-0.1, -0.05) is 35.2 Å². The summed E-state index contributed by atoms with van der Waals surface area (Å²) in [5.74, 6) is 2.76. The molecule has 0 spiro atoms. The van der Waals surface area contributed by atoms with Crippen molar-refractivity contribution < 1.29 is 4.79 Å². The molecule has 4 nitrogen and oxygen atoms in total. The second-order valence-electron chi connectivity index (χ2n) is 9.79. The molecule has 2 atom stereocenters. The number of hydrogen-bond acceptors (Lipinski definition) is 2. The molecule has 1 aromatic heterocycles. The van der Waals surface area contributed by atoms with Crippen molar-refractivity contribution in [1.29, 1.82) is 0 Å². The van der Waals surface area contributed by atoms with E-state index in [9.17, 15) is 4.79 Å². The minimum absolute atomic E-state index is 0.195. The van der Waals surface area contributed by atoms with Gasteiger partial charge in [0.25, 0.3) is 0 Å². The van der Waals surface area contributed by atoms with Gasteiger partial charge in [0.15, 0.2) is 0 Å². The summed E-state index contributed by atoms with van der Waals surface area (Å²) < 4.78 is 2.39. The van der Waals surface area contributed by atoms with Crippen molar-refractivity contribution >= 4 is 27.7 Å². The molecule has 1 aromatic rings. The van der Waals surface area contributed by atoms with Gasteiger partial charge in [0.2, 0.25) is 5.91 Å². The van der Waals surface area contributed by atoms with Crippen LogP contribution in [0.25, 0.3) is 0 Å². The Morgan fingerprint density at radius 2 is 1.92 bits per heavy atom. The van der Waals surface area contributed by atoms with Crippen molar-refractivity contribution in [2.75, 3.05) is 5.32 Å². The van der Waals surface area contributed by atoms with E-state index >= 15 is 0 Å². The second-order valence-corrected chi connectivity index (χ2v) is 11.5. The summed E-state index contributed by atoms with van der Waals surface area (Å²) in [6.45, 7) is 0. The van der Waals surface area contributed by atoms with E-state index in [0.717, 1.165) is 17.7 Å². The Bertz CT molecular complexity index is 679. The summed E-state index contributed by atoms with van der Waals surface area (Å²) in [7, 11) is 0. The topological polar surface area (TPSA) is 46.9 Å². The maximum atomic E-state index is 13.0. The molecule has 5 fully saturated rings. The smallest absolute Gasteiger partial charge is 0.226 e. The Morgan fingerprint density at radius 3 is 2.62 bits per heavy atom. The largest absolute Gasteiger partial charge is 0.311 e. The first kappa shape index (κ1) is 17.3. The molecule has 5 saturated carbocycles. The summed E-state index contributed by atoms with van der Waals surface area (Å²) in [5.41, 5.74) is 0.230. The van der Waals surface area contributed by atoms with Gasteiger partial charge in [-0.2, -0.15) is 5.10 Å². The van der Waals surface area contributed by atoms with Crippen LogP contribution >= 0.6 is 15.9 Å². The summed E-state index contributed by atoms with van der Waals surface area (Å²) in [6, 6.07) is 2.43. The van der Waals surface area contributed by atoms with Crippen LogP contribution in [-0.4, -0.2) is 20.0 Å². The molecule has 4 bridgehead atoms. The van der Waals surface area contributed by atoms with Gasteiger partial charge in [-0.25, -0.2) is 4.68 Å². The molecule has 5 aliphatic rings. The van der Waals surface area contributed by atoms with E-state index in [4.69, 9.17) is 0 Å². The lowest BCUT2D eigenvalue weighted by Gasteiger charge is -2.60. The fourth-order valence-electron chi connectivity index (χ4n) is 7.10. The van der Waals surface area contributed by atoms with Crippen LogP contribution in [0.1, 0.15) is 83.1 Å². The number of aromatic nitrogens is 2. The van der Waals surface area contributed by atoms with Gasteiger partial charge >= 0.3 is 0 Å². The molecule has 6 rings (SSSR count). The van der Waals surface area contributed by atoms with Crippen LogP contribution in [0.2, 0.25) is 0 Å². The fourth-order valence-corrected chi connectivity index (χ4v) is 8.61. The molecule has 2 unspecified atom stereocenters. The van der Waals surface area contributed by atoms with Crippen LogP contribution in [0, 0.1) is 17.3 Å². The van der Waals surface area contributed by atoms with E-state index in [1.54, 1.807) is 0 Å². The zero-order valence-corrected chi connectivity index (χ0v) is 17.1. The summed E-state index contributed by atoms with van der Waals surface area (Å²) in [6.07, 6.45) is 16.5. The summed E-state index contributed by atoms with van der Waals surface area (Å²) in [4.78, 5) is 13.0. The number of nitrogens with one attached hydrogen (secondary N) is 1. The quantitative estimate of drug-likeness (QED) is 0.659. The van der Waals surface area contributed by atoms with Crippen LogP contribution in [-0.2, 0) is 4.79 Å². The zero-order chi connectivity index (χ0) is 17.8. The SMILES string of the molecule is O=C(CC12CC3CC(CC(Br)(C3)C1)C2)Nc1ccnn1C1CCCCC1. The Labute approximate surface area is 164 Å². The number of alkyl halides is 1. The van der Waals surface area contributed by atoms with Crippen molar-refractivity contribution in [1.82, 2.24) is 9.78 Å². The standard InChI is InChI=1S/C21H30BrN3O/c22-21-11-15-8-16(12-21)10-20(9-15,14-21)13-19(26)24-18-6-7-23-25(18)17-4-2-1-3-5-17/h6-7,15-17H,1-5,8-14H2,(H,24,26). The molecule has 0 saturated heterocycles. The van der Waals surface area contributed by atoms with Crippen LogP contribution in [0.15, 0.2) is 12.3 Å². The third kappa shape index (κ3) is 3.14. The third-order valence-electron chi connectivity index (χ3n) is 7.50. The Morgan fingerprint density at radius 1 is 1.19 bits per heavy atom. The van der Waals surface area contributed by atoms with Crippen molar-refractivity contribution in [3.63, 3.8) is 0 Å². The zero-order valence-electron chi connectivity index (χ0n) is 15.6. The Kier molecular flexibility index (Phi) is 4.22. The molecule has 1 amide bonds. The highest BCUT2D eigenvalue weighted by Gasteiger charge is 2.57. The molecule has 142 valence electrons. The van der Waals surface area contributed by atoms with E-state index in [2.05, 4.69) is 31.0 Å². The Hall–Kier alpha value is -0.840. The molecule has 5 aliphatic carbocycles. The van der Waals surface area contributed by atoms with Gasteiger partial charge in [0, 0.05) is 16.8 Å². The first-order chi connectivity index (χ1) is 12.5. The minimum atomic E-state index is 0.195. The number of carbonyl (C=O) groups is 1. The molecule has 5 heteroatoms. The highest BCUT2D eigenvalue weighted by Crippen LogP contribution is 2.65. The third-order valence-corrected chi connectivity index (χ3v) is 8.43. The van der Waals surface area contributed by atoms with E-state index in [1.807, 2.05) is 12.3 Å². The molecule has 0 radical (unpaired) electrons. The number of rotatable bonds is 4. The lowest BCUT2D eigenvalue weighted by atomic mass is 9.48. The van der Waals surface area contributed by atoms with Gasteiger partial charge in [-0.05, 0) is 68.6 Å². The molecule has 1 N–H and O–H groups in total. The van der Waals surface area contributed by atoms with E-state index in [-0.39, 0.29) is 11.3 Å². The van der Waals surface area contributed by atoms with Crippen molar-refractivity contribution in [2.24, 2.45) is 17.3 Å². The van der Waals surface area contributed by atoms with Gasteiger partial charge < -0.3 is 5.32 Å². The molecule has 0 aliphatic heterocycles. The van der Waals surface area contributed by atoms with E-state index < -0.39 is 0 Å². The van der Waals surface area contributed by atoms with Crippen molar-refractivity contribution in [2.45, 2.75) is 87.4 Å². The second kappa shape index (κ2) is 6.35. The summed E-state index contributed by atoms with van der Waals surface area (Å²) >= 11 is 4.06. The average Bonchev–Trinajstić information content (AvgIpc) is 3.00. The van der Waals surface area contributed by atoms with Crippen LogP contribution in [0.3, 0.4) is 0 Å². The van der Waals surface area contributed by atoms with Gasteiger partial charge in [0.1, 0.15) is 5.82 Å². The van der Waals surface area contributed by atoms with Crippen LogP contribution in [0.4, 0.5) is 5.82 Å². The highest BCUT2D eigenvalue weighted by molar-refractivity contribution is 9.10. The monoisotopic (exact) mass is 419 g/mol. The van der Waals surface area contributed by atoms with E-state index in [1.165, 1.54) is 70.6 Å². The molecule has 26 heavy (non-hydrogen) atoms. The van der Waals surface area contributed by atoms with Crippen molar-refractivity contribution in [3.8, 4) is 0 Å². The fraction of sp³-hybridized carbons (Fsp3) is 0.810. The van der Waals surface area contributed by atoms with Crippen molar-refractivity contribution in [3.05, 3.63) is 12.3 Å². The average molecular weight is 420 g/mol. The maximum absolute atomic E-state index is 13.0. The number of carbonyl (C=O) groups excluding carboxylic acids is 1. The molecular formula is C21H30BrN3O. The predicted octanol–water partition coefficient (Wildman–Crippen LogP) is 5.45. The molecule has 0 aromatic carbocycles. The molecule has 1 heterocycles. The number of halogens is 1. The molecular weight excluding hydrogens is 390 g/mol. The lowest BCUT2D eigenvalue weighted by molar-refractivity contribution is -0.123. The summed E-state index contributed by atoms with van der Waals surface area (Å²) in [5, 5.41) is 7.75. The first-order valence-corrected chi connectivity index (χ1v) is 11.3.